The molecule has 0 unspecified atom stereocenters. The van der Waals surface area contributed by atoms with E-state index < -0.39 is 0 Å². The number of anilines is 1. The maximum Gasteiger partial charge on any atom is 0.115 e. The smallest absolute Gasteiger partial charge is 0.115 e. The zero-order valence-corrected chi connectivity index (χ0v) is 10.5. The molecular weight excluding hydrogens is 212 g/mol. The molecule has 2 rings (SSSR count). The number of rotatable bonds is 4. The molecule has 0 amide bonds. The van der Waals surface area contributed by atoms with Crippen LogP contribution >= 0.6 is 0 Å². The molecule has 3 heteroatoms. The van der Waals surface area contributed by atoms with Crippen molar-refractivity contribution in [3.05, 3.63) is 29.8 Å². The second-order valence-electron chi connectivity index (χ2n) is 4.90. The van der Waals surface area contributed by atoms with Crippen LogP contribution in [0.25, 0.3) is 0 Å². The summed E-state index contributed by atoms with van der Waals surface area (Å²) >= 11 is 0. The molecule has 0 atom stereocenters. The van der Waals surface area contributed by atoms with Gasteiger partial charge in [0, 0.05) is 12.7 Å². The first kappa shape index (κ1) is 12.4. The highest BCUT2D eigenvalue weighted by Gasteiger charge is 2.13. The van der Waals surface area contributed by atoms with Crippen LogP contribution in [0.2, 0.25) is 0 Å². The van der Waals surface area contributed by atoms with Crippen LogP contribution in [-0.2, 0) is 6.42 Å². The van der Waals surface area contributed by atoms with E-state index in [0.717, 1.165) is 24.7 Å². The van der Waals surface area contributed by atoms with Crippen LogP contribution in [0, 0.1) is 5.92 Å². The SMILES string of the molecule is CN(CO)c1ccc(CC2CCNCC2)cc1. The Labute approximate surface area is 103 Å². The first-order chi connectivity index (χ1) is 8.29. The number of hydrogen-bond donors (Lipinski definition) is 2. The van der Waals surface area contributed by atoms with Crippen LogP contribution < -0.4 is 10.2 Å². The molecule has 94 valence electrons. The van der Waals surface area contributed by atoms with E-state index in [1.165, 1.54) is 24.8 Å². The van der Waals surface area contributed by atoms with Gasteiger partial charge in [0.25, 0.3) is 0 Å². The molecule has 1 heterocycles. The van der Waals surface area contributed by atoms with Crippen molar-refractivity contribution in [1.29, 1.82) is 0 Å². The highest BCUT2D eigenvalue weighted by atomic mass is 16.3. The third-order valence-corrected chi connectivity index (χ3v) is 3.57. The van der Waals surface area contributed by atoms with Crippen LogP contribution in [0.1, 0.15) is 18.4 Å². The summed E-state index contributed by atoms with van der Waals surface area (Å²) in [5, 5.41) is 12.4. The van der Waals surface area contributed by atoms with Gasteiger partial charge < -0.3 is 15.3 Å². The van der Waals surface area contributed by atoms with Crippen LogP contribution in [0.15, 0.2) is 24.3 Å². The molecule has 1 saturated heterocycles. The van der Waals surface area contributed by atoms with Crippen LogP contribution in [0.3, 0.4) is 0 Å². The predicted octanol–water partition coefficient (Wildman–Crippen LogP) is 1.61. The molecule has 1 aliphatic rings. The van der Waals surface area contributed by atoms with Crippen molar-refractivity contribution in [2.24, 2.45) is 5.92 Å². The summed E-state index contributed by atoms with van der Waals surface area (Å²) in [7, 11) is 1.89. The fourth-order valence-electron chi connectivity index (χ4n) is 2.39. The first-order valence-corrected chi connectivity index (χ1v) is 6.41. The monoisotopic (exact) mass is 234 g/mol. The van der Waals surface area contributed by atoms with E-state index in [4.69, 9.17) is 5.11 Å². The summed E-state index contributed by atoms with van der Waals surface area (Å²) in [5.41, 5.74) is 2.48. The van der Waals surface area contributed by atoms with E-state index in [0.29, 0.717) is 0 Å². The highest BCUT2D eigenvalue weighted by Crippen LogP contribution is 2.20. The van der Waals surface area contributed by atoms with E-state index >= 15 is 0 Å². The molecule has 0 bridgehead atoms. The molecule has 1 aliphatic heterocycles. The Morgan fingerprint density at radius 3 is 2.47 bits per heavy atom. The Hall–Kier alpha value is -1.06. The van der Waals surface area contributed by atoms with Crippen molar-refractivity contribution in [2.45, 2.75) is 19.3 Å². The van der Waals surface area contributed by atoms with Gasteiger partial charge in [-0.1, -0.05) is 12.1 Å². The second-order valence-corrected chi connectivity index (χ2v) is 4.90. The molecule has 0 radical (unpaired) electrons. The van der Waals surface area contributed by atoms with Gasteiger partial charge in [0.2, 0.25) is 0 Å². The minimum atomic E-state index is 0.0631. The van der Waals surface area contributed by atoms with Crippen LogP contribution in [0.4, 0.5) is 5.69 Å². The molecule has 17 heavy (non-hydrogen) atoms. The maximum atomic E-state index is 9.04. The number of nitrogens with zero attached hydrogens (tertiary/aromatic N) is 1. The second kappa shape index (κ2) is 6.03. The highest BCUT2D eigenvalue weighted by molar-refractivity contribution is 5.46. The Balaban J connectivity index is 1.93. The van der Waals surface area contributed by atoms with E-state index in [1.54, 1.807) is 0 Å². The Morgan fingerprint density at radius 1 is 1.24 bits per heavy atom. The fourth-order valence-corrected chi connectivity index (χ4v) is 2.39. The molecular formula is C14H22N2O. The third-order valence-electron chi connectivity index (χ3n) is 3.57. The van der Waals surface area contributed by atoms with Crippen LogP contribution in [0.5, 0.6) is 0 Å². The predicted molar refractivity (Wildman–Crippen MR) is 71.2 cm³/mol. The van der Waals surface area contributed by atoms with E-state index in [-0.39, 0.29) is 6.73 Å². The zero-order valence-electron chi connectivity index (χ0n) is 10.5. The van der Waals surface area contributed by atoms with Gasteiger partial charge in [0.1, 0.15) is 6.73 Å². The van der Waals surface area contributed by atoms with E-state index in [1.807, 2.05) is 11.9 Å². The number of aliphatic hydroxyl groups is 1. The average Bonchev–Trinajstić information content (AvgIpc) is 2.40. The normalized spacial score (nSPS) is 17.1. The summed E-state index contributed by atoms with van der Waals surface area (Å²) in [4.78, 5) is 1.83. The third kappa shape index (κ3) is 3.45. The lowest BCUT2D eigenvalue weighted by atomic mass is 9.91. The minimum absolute atomic E-state index is 0.0631. The largest absolute Gasteiger partial charge is 0.376 e. The van der Waals surface area contributed by atoms with E-state index in [9.17, 15) is 0 Å². The van der Waals surface area contributed by atoms with Crippen molar-refractivity contribution in [3.8, 4) is 0 Å². The summed E-state index contributed by atoms with van der Waals surface area (Å²) in [6, 6.07) is 8.55. The summed E-state index contributed by atoms with van der Waals surface area (Å²) < 4.78 is 0. The van der Waals surface area contributed by atoms with Crippen molar-refractivity contribution >= 4 is 5.69 Å². The van der Waals surface area contributed by atoms with Gasteiger partial charge in [-0.15, -0.1) is 0 Å². The Kier molecular flexibility index (Phi) is 4.40. The lowest BCUT2D eigenvalue weighted by molar-refractivity contribution is 0.298. The Morgan fingerprint density at radius 2 is 1.88 bits per heavy atom. The molecule has 3 nitrogen and oxygen atoms in total. The van der Waals surface area contributed by atoms with Crippen molar-refractivity contribution in [1.82, 2.24) is 5.32 Å². The quantitative estimate of drug-likeness (QED) is 0.777. The molecule has 1 fully saturated rings. The fraction of sp³-hybridized carbons (Fsp3) is 0.571. The molecule has 1 aromatic carbocycles. The lowest BCUT2D eigenvalue weighted by Gasteiger charge is -2.23. The van der Waals surface area contributed by atoms with Gasteiger partial charge in [0.05, 0.1) is 0 Å². The van der Waals surface area contributed by atoms with Gasteiger partial charge in [-0.3, -0.25) is 0 Å². The maximum absolute atomic E-state index is 9.04. The molecule has 0 aromatic heterocycles. The number of benzene rings is 1. The summed E-state index contributed by atoms with van der Waals surface area (Å²) in [6.07, 6.45) is 3.77. The number of hydrogen-bond acceptors (Lipinski definition) is 3. The topological polar surface area (TPSA) is 35.5 Å². The summed E-state index contributed by atoms with van der Waals surface area (Å²) in [6.45, 7) is 2.39. The average molecular weight is 234 g/mol. The summed E-state index contributed by atoms with van der Waals surface area (Å²) in [5.74, 6) is 0.831. The van der Waals surface area contributed by atoms with Gasteiger partial charge in [-0.2, -0.15) is 0 Å². The van der Waals surface area contributed by atoms with Crippen molar-refractivity contribution < 1.29 is 5.11 Å². The van der Waals surface area contributed by atoms with Gasteiger partial charge in [-0.25, -0.2) is 0 Å². The van der Waals surface area contributed by atoms with Gasteiger partial charge in [-0.05, 0) is 56.0 Å². The minimum Gasteiger partial charge on any atom is -0.376 e. The molecule has 0 spiro atoms. The molecule has 2 N–H and O–H groups in total. The standard InChI is InChI=1S/C14H22N2O/c1-16(11-17)14-4-2-12(3-5-14)10-13-6-8-15-9-7-13/h2-5,13,15,17H,6-11H2,1H3. The Bertz CT molecular complexity index is 331. The first-order valence-electron chi connectivity index (χ1n) is 6.41. The number of piperidine rings is 1. The zero-order chi connectivity index (χ0) is 12.1. The molecule has 1 aromatic rings. The van der Waals surface area contributed by atoms with Gasteiger partial charge in [0.15, 0.2) is 0 Å². The van der Waals surface area contributed by atoms with Crippen LogP contribution in [-0.4, -0.2) is 32.0 Å². The molecule has 0 aliphatic carbocycles. The van der Waals surface area contributed by atoms with Crippen molar-refractivity contribution in [3.63, 3.8) is 0 Å². The lowest BCUT2D eigenvalue weighted by Crippen LogP contribution is -2.28. The number of aliphatic hydroxyl groups excluding tert-OH is 1. The van der Waals surface area contributed by atoms with Gasteiger partial charge >= 0.3 is 0 Å². The number of nitrogens with one attached hydrogen (secondary N) is 1. The van der Waals surface area contributed by atoms with Crippen molar-refractivity contribution in [2.75, 3.05) is 31.8 Å². The van der Waals surface area contributed by atoms with E-state index in [2.05, 4.69) is 29.6 Å². The molecule has 0 saturated carbocycles.